The number of likely N-dealkylation sites (tertiary alicyclic amines) is 1. The maximum absolute atomic E-state index is 12.0. The van der Waals surface area contributed by atoms with Gasteiger partial charge in [-0.05, 0) is 13.3 Å². The highest BCUT2D eigenvalue weighted by Gasteiger charge is 2.24. The van der Waals surface area contributed by atoms with Crippen LogP contribution < -0.4 is 5.73 Å². The van der Waals surface area contributed by atoms with E-state index < -0.39 is 4.92 Å². The lowest BCUT2D eigenvalue weighted by molar-refractivity contribution is -0.385. The fourth-order valence-electron chi connectivity index (χ4n) is 2.08. The standard InChI is InChI=1S/C11H15N3O3S.C2H6/c1-7-9(14(16)17)4-11(18-7)10(15)6-13-3-2-8(12)5-13;1-2/h4,8H,2-3,5-6,12H2,1H3;1-2H3. The minimum Gasteiger partial charge on any atom is -0.326 e. The molecule has 2 heterocycles. The van der Waals surface area contributed by atoms with Gasteiger partial charge in [0.15, 0.2) is 5.78 Å². The van der Waals surface area contributed by atoms with E-state index in [0.29, 0.717) is 16.3 Å². The Bertz CT molecular complexity index is 487. The van der Waals surface area contributed by atoms with E-state index in [9.17, 15) is 14.9 Å². The third kappa shape index (κ3) is 4.09. The molecule has 2 rings (SSSR count). The van der Waals surface area contributed by atoms with Crippen LogP contribution in [0.25, 0.3) is 0 Å². The van der Waals surface area contributed by atoms with E-state index in [1.54, 1.807) is 6.92 Å². The number of nitrogens with two attached hydrogens (primary N) is 1. The molecule has 1 aromatic rings. The molecule has 1 unspecified atom stereocenters. The third-order valence-electron chi connectivity index (χ3n) is 3.04. The highest BCUT2D eigenvalue weighted by atomic mass is 32.1. The van der Waals surface area contributed by atoms with Crippen molar-refractivity contribution in [2.45, 2.75) is 33.2 Å². The molecule has 0 bridgehead atoms. The van der Waals surface area contributed by atoms with Crippen molar-refractivity contribution in [1.82, 2.24) is 4.90 Å². The molecule has 0 radical (unpaired) electrons. The SMILES string of the molecule is CC.Cc1sc(C(=O)CN2CCC(N)C2)cc1[N+](=O)[O-]. The van der Waals surface area contributed by atoms with Crippen LogP contribution in [0.4, 0.5) is 5.69 Å². The number of carbonyl (C=O) groups excluding carboxylic acids is 1. The van der Waals surface area contributed by atoms with Crippen molar-refractivity contribution in [2.75, 3.05) is 19.6 Å². The molecule has 112 valence electrons. The number of thiophene rings is 1. The number of ketones is 1. The summed E-state index contributed by atoms with van der Waals surface area (Å²) < 4.78 is 0. The Kier molecular flexibility index (Phi) is 6.25. The molecule has 1 atom stereocenters. The van der Waals surface area contributed by atoms with Crippen molar-refractivity contribution in [2.24, 2.45) is 5.73 Å². The topological polar surface area (TPSA) is 89.5 Å². The first-order valence-electron chi connectivity index (χ1n) is 6.73. The van der Waals surface area contributed by atoms with E-state index >= 15 is 0 Å². The normalized spacial score (nSPS) is 18.5. The second kappa shape index (κ2) is 7.47. The molecule has 20 heavy (non-hydrogen) atoms. The van der Waals surface area contributed by atoms with Crippen LogP contribution in [-0.2, 0) is 0 Å². The maximum atomic E-state index is 12.0. The van der Waals surface area contributed by atoms with Crippen LogP contribution in [0.5, 0.6) is 0 Å². The summed E-state index contributed by atoms with van der Waals surface area (Å²) in [6, 6.07) is 1.51. The molecule has 1 aliphatic heterocycles. The Morgan fingerprint density at radius 3 is 2.70 bits per heavy atom. The van der Waals surface area contributed by atoms with Gasteiger partial charge in [-0.1, -0.05) is 13.8 Å². The van der Waals surface area contributed by atoms with Crippen LogP contribution in [0, 0.1) is 17.0 Å². The quantitative estimate of drug-likeness (QED) is 0.523. The Labute approximate surface area is 122 Å². The molecule has 0 spiro atoms. The van der Waals surface area contributed by atoms with Gasteiger partial charge in [-0.2, -0.15) is 0 Å². The van der Waals surface area contributed by atoms with E-state index in [4.69, 9.17) is 5.73 Å². The van der Waals surface area contributed by atoms with E-state index in [0.717, 1.165) is 19.5 Å². The lowest BCUT2D eigenvalue weighted by atomic mass is 10.3. The molecule has 6 nitrogen and oxygen atoms in total. The average Bonchev–Trinajstić information content (AvgIpc) is 2.98. The fraction of sp³-hybridized carbons (Fsp3) is 0.615. The molecule has 1 saturated heterocycles. The summed E-state index contributed by atoms with van der Waals surface area (Å²) in [5.74, 6) is -0.0645. The van der Waals surface area contributed by atoms with Gasteiger partial charge in [0.1, 0.15) is 0 Å². The molecule has 0 aliphatic carbocycles. The van der Waals surface area contributed by atoms with Gasteiger partial charge in [0.2, 0.25) is 0 Å². The van der Waals surface area contributed by atoms with Crippen molar-refractivity contribution in [1.29, 1.82) is 0 Å². The van der Waals surface area contributed by atoms with E-state index in [-0.39, 0.29) is 17.5 Å². The average molecular weight is 299 g/mol. The number of hydrogen-bond acceptors (Lipinski definition) is 6. The summed E-state index contributed by atoms with van der Waals surface area (Å²) in [5.41, 5.74) is 5.80. The number of carbonyl (C=O) groups is 1. The summed E-state index contributed by atoms with van der Waals surface area (Å²) >= 11 is 1.19. The minimum absolute atomic E-state index is 0.0291. The Morgan fingerprint density at radius 2 is 2.25 bits per heavy atom. The number of hydrogen-bond donors (Lipinski definition) is 1. The van der Waals surface area contributed by atoms with E-state index in [2.05, 4.69) is 0 Å². The van der Waals surface area contributed by atoms with Gasteiger partial charge in [0, 0.05) is 25.2 Å². The van der Waals surface area contributed by atoms with Crippen LogP contribution in [-0.4, -0.2) is 41.3 Å². The Hall–Kier alpha value is -1.31. The molecular weight excluding hydrogens is 278 g/mol. The number of rotatable bonds is 4. The van der Waals surface area contributed by atoms with Gasteiger partial charge in [-0.25, -0.2) is 0 Å². The molecule has 0 aromatic carbocycles. The van der Waals surface area contributed by atoms with Crippen molar-refractivity contribution in [3.63, 3.8) is 0 Å². The van der Waals surface area contributed by atoms with Gasteiger partial charge >= 0.3 is 0 Å². The smallest absolute Gasteiger partial charge is 0.283 e. The van der Waals surface area contributed by atoms with Gasteiger partial charge in [0.05, 0.1) is 21.2 Å². The first-order valence-corrected chi connectivity index (χ1v) is 7.55. The predicted molar refractivity (Wildman–Crippen MR) is 80.4 cm³/mol. The molecule has 1 aliphatic rings. The number of nitrogens with zero attached hydrogens (tertiary/aromatic N) is 2. The van der Waals surface area contributed by atoms with Crippen molar-refractivity contribution < 1.29 is 9.72 Å². The van der Waals surface area contributed by atoms with Crippen LogP contribution in [0.2, 0.25) is 0 Å². The first-order chi connectivity index (χ1) is 9.47. The number of Topliss-reactive ketones (excluding diaryl/α,β-unsaturated/α-hetero) is 1. The second-order valence-electron chi connectivity index (χ2n) is 4.52. The van der Waals surface area contributed by atoms with Gasteiger partial charge < -0.3 is 5.73 Å². The largest absolute Gasteiger partial charge is 0.326 e. The molecule has 1 fully saturated rings. The van der Waals surface area contributed by atoms with Gasteiger partial charge in [0.25, 0.3) is 5.69 Å². The van der Waals surface area contributed by atoms with Crippen molar-refractivity contribution >= 4 is 22.8 Å². The number of aryl methyl sites for hydroxylation is 1. The summed E-state index contributed by atoms with van der Waals surface area (Å²) in [5, 5.41) is 10.7. The zero-order valence-electron chi connectivity index (χ0n) is 12.1. The molecule has 7 heteroatoms. The minimum atomic E-state index is -0.450. The van der Waals surface area contributed by atoms with Gasteiger partial charge in [-0.3, -0.25) is 19.8 Å². The summed E-state index contributed by atoms with van der Waals surface area (Å²) in [7, 11) is 0. The van der Waals surface area contributed by atoms with Crippen LogP contribution in [0.15, 0.2) is 6.07 Å². The van der Waals surface area contributed by atoms with Crippen molar-refractivity contribution in [3.05, 3.63) is 25.9 Å². The van der Waals surface area contributed by atoms with Crippen LogP contribution in [0.3, 0.4) is 0 Å². The van der Waals surface area contributed by atoms with Crippen LogP contribution >= 0.6 is 11.3 Å². The molecule has 0 amide bonds. The number of nitro groups is 1. The van der Waals surface area contributed by atoms with Gasteiger partial charge in [-0.15, -0.1) is 11.3 Å². The van der Waals surface area contributed by atoms with E-state index in [1.807, 2.05) is 18.7 Å². The predicted octanol–water partition coefficient (Wildman–Crippen LogP) is 2.21. The zero-order chi connectivity index (χ0) is 15.3. The highest BCUT2D eigenvalue weighted by Crippen LogP contribution is 2.28. The molecule has 0 saturated carbocycles. The summed E-state index contributed by atoms with van der Waals surface area (Å²) in [6.45, 7) is 7.49. The lowest BCUT2D eigenvalue weighted by Crippen LogP contribution is -2.30. The zero-order valence-corrected chi connectivity index (χ0v) is 12.9. The third-order valence-corrected chi connectivity index (χ3v) is 4.12. The Balaban J connectivity index is 0.000000956. The molecular formula is C13H21N3O3S. The maximum Gasteiger partial charge on any atom is 0.283 e. The summed E-state index contributed by atoms with van der Waals surface area (Å²) in [4.78, 5) is 25.3. The second-order valence-corrected chi connectivity index (χ2v) is 5.77. The molecule has 2 N–H and O–H groups in total. The molecule has 1 aromatic heterocycles. The summed E-state index contributed by atoms with van der Waals surface area (Å²) in [6.07, 6.45) is 0.900. The monoisotopic (exact) mass is 299 g/mol. The van der Waals surface area contributed by atoms with Crippen LogP contribution in [0.1, 0.15) is 34.8 Å². The fourth-order valence-corrected chi connectivity index (χ4v) is 3.00. The Morgan fingerprint density at radius 1 is 1.60 bits per heavy atom. The highest BCUT2D eigenvalue weighted by molar-refractivity contribution is 7.14. The lowest BCUT2D eigenvalue weighted by Gasteiger charge is -2.12. The van der Waals surface area contributed by atoms with E-state index in [1.165, 1.54) is 17.4 Å². The van der Waals surface area contributed by atoms with Crippen molar-refractivity contribution in [3.8, 4) is 0 Å². The first kappa shape index (κ1) is 16.7.